The van der Waals surface area contributed by atoms with Crippen molar-refractivity contribution in [3.63, 3.8) is 0 Å². The summed E-state index contributed by atoms with van der Waals surface area (Å²) in [5.41, 5.74) is 4.31. The number of hydrogen-bond donors (Lipinski definition) is 0. The third kappa shape index (κ3) is 6.51. The maximum Gasteiger partial charge on any atom is 0.228 e. The second kappa shape index (κ2) is 12.1. The van der Waals surface area contributed by atoms with Crippen LogP contribution in [-0.2, 0) is 27.9 Å². The molecule has 0 aliphatic carbocycles. The molecule has 0 radical (unpaired) electrons. The lowest BCUT2D eigenvalue weighted by Crippen LogP contribution is -2.48. The molecule has 2 aliphatic rings. The number of piperazine rings is 1. The highest BCUT2D eigenvalue weighted by Gasteiger charge is 2.24. The summed E-state index contributed by atoms with van der Waals surface area (Å²) in [4.78, 5) is 19.2. The molecule has 0 bridgehead atoms. The van der Waals surface area contributed by atoms with Gasteiger partial charge in [-0.15, -0.1) is 0 Å². The number of benzene rings is 2. The molecule has 11 nitrogen and oxygen atoms in total. The number of sulfonamides is 1. The van der Waals surface area contributed by atoms with Gasteiger partial charge in [0.1, 0.15) is 23.6 Å². The highest BCUT2D eigenvalue weighted by Crippen LogP contribution is 2.30. The molecule has 0 atom stereocenters. The minimum Gasteiger partial charge on any atom is -0.489 e. The minimum atomic E-state index is -3.15. The van der Waals surface area contributed by atoms with Crippen molar-refractivity contribution >= 4 is 27.1 Å². The average Bonchev–Trinajstić information content (AvgIpc) is 3.42. The number of ether oxygens (including phenoxy) is 2. The normalized spacial score (nSPS) is 17.2. The monoisotopic (exact) mass is 577 g/mol. The molecule has 0 amide bonds. The number of imidazole rings is 1. The van der Waals surface area contributed by atoms with Crippen molar-refractivity contribution in [2.75, 3.05) is 70.2 Å². The summed E-state index contributed by atoms with van der Waals surface area (Å²) in [6.07, 6.45) is 3.10. The molecule has 4 heterocycles. The molecule has 2 saturated heterocycles. The Balaban J connectivity index is 1.26. The topological polar surface area (TPSA) is 106 Å². The summed E-state index contributed by atoms with van der Waals surface area (Å²) >= 11 is 0. The van der Waals surface area contributed by atoms with Crippen molar-refractivity contribution in [2.24, 2.45) is 0 Å². The Morgan fingerprint density at radius 1 is 0.902 bits per heavy atom. The van der Waals surface area contributed by atoms with Crippen LogP contribution in [0.2, 0.25) is 0 Å². The molecule has 2 aromatic heterocycles. The smallest absolute Gasteiger partial charge is 0.228 e. The number of hydrogen-bond acceptors (Lipinski definition) is 9. The zero-order chi connectivity index (χ0) is 28.2. The van der Waals surface area contributed by atoms with E-state index in [4.69, 9.17) is 24.4 Å². The van der Waals surface area contributed by atoms with Gasteiger partial charge < -0.3 is 18.9 Å². The quantitative estimate of drug-likeness (QED) is 0.297. The molecular weight excluding hydrogens is 542 g/mol. The van der Waals surface area contributed by atoms with Gasteiger partial charge in [0.2, 0.25) is 16.0 Å². The van der Waals surface area contributed by atoms with Crippen LogP contribution in [0, 0.1) is 0 Å². The Morgan fingerprint density at radius 3 is 2.44 bits per heavy atom. The molecule has 216 valence electrons. The Bertz CT molecular complexity index is 1580. The standard InChI is InChI=1S/C29H35N7O4S/c1-41(37,38)36-14-11-33(12-15-36)10-13-35-22-30-27-26(31-29(32-28(27)35)34-16-18-39-19-17-34)24-8-5-9-25(20-24)40-21-23-6-3-2-4-7-23/h2-9,20,22H,10-19,21H2,1H3. The Hall–Kier alpha value is -3.58. The molecule has 12 heteroatoms. The Labute approximate surface area is 240 Å². The Morgan fingerprint density at radius 2 is 1.68 bits per heavy atom. The van der Waals surface area contributed by atoms with Gasteiger partial charge in [-0.3, -0.25) is 4.90 Å². The van der Waals surface area contributed by atoms with Gasteiger partial charge in [0.15, 0.2) is 5.65 Å². The van der Waals surface area contributed by atoms with Crippen LogP contribution in [0.1, 0.15) is 5.56 Å². The van der Waals surface area contributed by atoms with Gasteiger partial charge in [0, 0.05) is 57.9 Å². The third-order valence-corrected chi connectivity index (χ3v) is 8.86. The van der Waals surface area contributed by atoms with E-state index in [2.05, 4.69) is 14.4 Å². The van der Waals surface area contributed by atoms with Gasteiger partial charge in [0.05, 0.1) is 25.8 Å². The number of anilines is 1. The predicted octanol–water partition coefficient (Wildman–Crippen LogP) is 2.49. The second-order valence-corrected chi connectivity index (χ2v) is 12.4. The molecule has 0 spiro atoms. The maximum absolute atomic E-state index is 11.9. The predicted molar refractivity (Wildman–Crippen MR) is 157 cm³/mol. The molecule has 6 rings (SSSR count). The second-order valence-electron chi connectivity index (χ2n) is 10.4. The maximum atomic E-state index is 11.9. The molecule has 0 N–H and O–H groups in total. The van der Waals surface area contributed by atoms with Crippen molar-refractivity contribution < 1.29 is 17.9 Å². The van der Waals surface area contributed by atoms with Gasteiger partial charge in [0.25, 0.3) is 0 Å². The summed E-state index contributed by atoms with van der Waals surface area (Å²) in [6, 6.07) is 18.1. The van der Waals surface area contributed by atoms with Crippen LogP contribution in [0.15, 0.2) is 60.9 Å². The van der Waals surface area contributed by atoms with Crippen LogP contribution in [-0.4, -0.2) is 102 Å². The van der Waals surface area contributed by atoms with E-state index in [1.54, 1.807) is 4.31 Å². The molecule has 0 saturated carbocycles. The van der Waals surface area contributed by atoms with Crippen molar-refractivity contribution in [2.45, 2.75) is 13.2 Å². The summed E-state index contributed by atoms with van der Waals surface area (Å²) < 4.78 is 39.1. The first-order valence-electron chi connectivity index (χ1n) is 13.9. The van der Waals surface area contributed by atoms with E-state index in [-0.39, 0.29) is 0 Å². The molecule has 2 aromatic carbocycles. The van der Waals surface area contributed by atoms with Crippen LogP contribution in [0.5, 0.6) is 5.75 Å². The lowest BCUT2D eigenvalue weighted by Gasteiger charge is -2.33. The van der Waals surface area contributed by atoms with Crippen molar-refractivity contribution in [3.05, 3.63) is 66.5 Å². The van der Waals surface area contributed by atoms with Gasteiger partial charge in [-0.1, -0.05) is 42.5 Å². The van der Waals surface area contributed by atoms with Gasteiger partial charge in [-0.25, -0.2) is 18.4 Å². The van der Waals surface area contributed by atoms with Crippen LogP contribution in [0.25, 0.3) is 22.4 Å². The largest absolute Gasteiger partial charge is 0.489 e. The summed E-state index contributed by atoms with van der Waals surface area (Å²) in [5, 5.41) is 0. The van der Waals surface area contributed by atoms with E-state index in [9.17, 15) is 8.42 Å². The lowest BCUT2D eigenvalue weighted by atomic mass is 10.1. The molecule has 4 aromatic rings. The summed E-state index contributed by atoms with van der Waals surface area (Å²) in [5.74, 6) is 1.42. The van der Waals surface area contributed by atoms with E-state index in [0.717, 1.165) is 53.4 Å². The van der Waals surface area contributed by atoms with Gasteiger partial charge >= 0.3 is 0 Å². The highest BCUT2D eigenvalue weighted by atomic mass is 32.2. The van der Waals surface area contributed by atoms with Crippen LogP contribution in [0.4, 0.5) is 5.95 Å². The van der Waals surface area contributed by atoms with E-state index < -0.39 is 10.0 Å². The SMILES string of the molecule is CS(=O)(=O)N1CCN(CCn2cnc3c(-c4cccc(OCc5ccccc5)c4)nc(N4CCOCC4)nc32)CC1. The number of aromatic nitrogens is 4. The van der Waals surface area contributed by atoms with E-state index in [1.165, 1.54) is 6.26 Å². The highest BCUT2D eigenvalue weighted by molar-refractivity contribution is 7.88. The lowest BCUT2D eigenvalue weighted by molar-refractivity contribution is 0.122. The van der Waals surface area contributed by atoms with Crippen molar-refractivity contribution in [1.82, 2.24) is 28.7 Å². The number of morpholine rings is 1. The Kier molecular flexibility index (Phi) is 8.15. The average molecular weight is 578 g/mol. The van der Waals surface area contributed by atoms with Gasteiger partial charge in [-0.2, -0.15) is 9.29 Å². The third-order valence-electron chi connectivity index (χ3n) is 7.56. The fourth-order valence-electron chi connectivity index (χ4n) is 5.21. The molecular formula is C29H35N7O4S. The molecule has 2 aliphatic heterocycles. The van der Waals surface area contributed by atoms with E-state index in [1.807, 2.05) is 60.9 Å². The van der Waals surface area contributed by atoms with E-state index in [0.29, 0.717) is 58.5 Å². The first-order chi connectivity index (χ1) is 19.9. The van der Waals surface area contributed by atoms with Crippen LogP contribution < -0.4 is 9.64 Å². The molecule has 0 unspecified atom stereocenters. The number of nitrogens with zero attached hydrogens (tertiary/aromatic N) is 7. The zero-order valence-electron chi connectivity index (χ0n) is 23.2. The zero-order valence-corrected chi connectivity index (χ0v) is 24.0. The van der Waals surface area contributed by atoms with Crippen LogP contribution >= 0.6 is 0 Å². The van der Waals surface area contributed by atoms with E-state index >= 15 is 0 Å². The number of fused-ring (bicyclic) bond motifs is 1. The molecule has 2 fully saturated rings. The summed E-state index contributed by atoms with van der Waals surface area (Å²) in [7, 11) is -3.15. The first kappa shape index (κ1) is 27.6. The summed E-state index contributed by atoms with van der Waals surface area (Å²) in [6.45, 7) is 7.11. The minimum absolute atomic E-state index is 0.482. The van der Waals surface area contributed by atoms with Crippen molar-refractivity contribution in [1.29, 1.82) is 0 Å². The van der Waals surface area contributed by atoms with Crippen LogP contribution in [0.3, 0.4) is 0 Å². The number of rotatable bonds is 9. The molecule has 41 heavy (non-hydrogen) atoms. The van der Waals surface area contributed by atoms with Gasteiger partial charge in [-0.05, 0) is 17.7 Å². The van der Waals surface area contributed by atoms with Crippen molar-refractivity contribution in [3.8, 4) is 17.0 Å². The fraction of sp³-hybridized carbons (Fsp3) is 0.414. The fourth-order valence-corrected chi connectivity index (χ4v) is 6.04. The first-order valence-corrected chi connectivity index (χ1v) is 15.8.